The van der Waals surface area contributed by atoms with Crippen LogP contribution in [-0.4, -0.2) is 77.2 Å². The highest BCUT2D eigenvalue weighted by Crippen LogP contribution is 2.40. The number of ether oxygens (including phenoxy) is 4. The van der Waals surface area contributed by atoms with Gasteiger partial charge in [-0.2, -0.15) is 0 Å². The minimum absolute atomic E-state index is 0.0613. The van der Waals surface area contributed by atoms with Gasteiger partial charge in [0.25, 0.3) is 0 Å². The molecule has 0 bridgehead atoms. The van der Waals surface area contributed by atoms with E-state index < -0.39 is 52.5 Å². The van der Waals surface area contributed by atoms with Crippen molar-refractivity contribution in [1.82, 2.24) is 15.2 Å². The molecule has 2 amide bonds. The number of fused-ring (bicyclic) bond motifs is 1. The third-order valence-electron chi connectivity index (χ3n) is 9.69. The fourth-order valence-corrected chi connectivity index (χ4v) is 6.77. The number of pyridine rings is 1. The molecular formula is C41H51N3O8. The smallest absolute Gasteiger partial charge is 0.336 e. The summed E-state index contributed by atoms with van der Waals surface area (Å²) in [6.07, 6.45) is 0.240. The summed E-state index contributed by atoms with van der Waals surface area (Å²) in [6.45, 7) is 16.9. The normalized spacial score (nSPS) is 20.8. The Morgan fingerprint density at radius 1 is 1.04 bits per heavy atom. The van der Waals surface area contributed by atoms with E-state index in [0.29, 0.717) is 41.1 Å². The number of rotatable bonds is 11. The molecule has 11 nitrogen and oxygen atoms in total. The number of esters is 2. The Morgan fingerprint density at radius 3 is 2.33 bits per heavy atom. The Balaban J connectivity index is 1.52. The molecule has 1 saturated heterocycles. The summed E-state index contributed by atoms with van der Waals surface area (Å²) >= 11 is 0. The van der Waals surface area contributed by atoms with E-state index >= 15 is 0 Å². The molecule has 3 aromatic rings. The van der Waals surface area contributed by atoms with Crippen LogP contribution < -0.4 is 14.8 Å². The molecule has 1 N–H and O–H groups in total. The molecule has 1 unspecified atom stereocenters. The lowest BCUT2D eigenvalue weighted by molar-refractivity contribution is -0.161. The number of nitrogens with zero attached hydrogens (tertiary/aromatic N) is 2. The van der Waals surface area contributed by atoms with E-state index in [1.807, 2.05) is 75.4 Å². The van der Waals surface area contributed by atoms with Gasteiger partial charge in [-0.3, -0.25) is 14.4 Å². The first-order valence-corrected chi connectivity index (χ1v) is 17.9. The number of aromatic nitrogens is 1. The van der Waals surface area contributed by atoms with Crippen molar-refractivity contribution >= 4 is 34.7 Å². The fraction of sp³-hybridized carbons (Fsp3) is 0.488. The minimum atomic E-state index is -1.37. The highest BCUT2D eigenvalue weighted by atomic mass is 16.6. The summed E-state index contributed by atoms with van der Waals surface area (Å²) in [5.41, 5.74) is 0.00633. The van der Waals surface area contributed by atoms with Crippen molar-refractivity contribution in [2.75, 3.05) is 20.3 Å². The zero-order valence-corrected chi connectivity index (χ0v) is 31.5. The van der Waals surface area contributed by atoms with Crippen LogP contribution in [0.4, 0.5) is 0 Å². The van der Waals surface area contributed by atoms with Crippen molar-refractivity contribution in [3.8, 4) is 22.8 Å². The van der Waals surface area contributed by atoms with Crippen molar-refractivity contribution in [2.45, 2.75) is 97.4 Å². The molecule has 278 valence electrons. The number of carbonyl (C=O) groups is 4. The van der Waals surface area contributed by atoms with Crippen LogP contribution >= 0.6 is 0 Å². The second-order valence-corrected chi connectivity index (χ2v) is 15.7. The van der Waals surface area contributed by atoms with Crippen LogP contribution in [0.1, 0.15) is 74.1 Å². The summed E-state index contributed by atoms with van der Waals surface area (Å²) < 4.78 is 23.2. The van der Waals surface area contributed by atoms with Gasteiger partial charge in [-0.05, 0) is 63.7 Å². The van der Waals surface area contributed by atoms with Gasteiger partial charge >= 0.3 is 11.9 Å². The van der Waals surface area contributed by atoms with Crippen molar-refractivity contribution in [3.63, 3.8) is 0 Å². The number of hydrogen-bond acceptors (Lipinski definition) is 9. The van der Waals surface area contributed by atoms with Crippen LogP contribution in [0.3, 0.4) is 0 Å². The van der Waals surface area contributed by atoms with Gasteiger partial charge in [0.1, 0.15) is 29.2 Å². The molecule has 1 aromatic heterocycles. The zero-order valence-electron chi connectivity index (χ0n) is 31.5. The highest BCUT2D eigenvalue weighted by Gasteiger charge is 2.53. The topological polar surface area (TPSA) is 133 Å². The van der Waals surface area contributed by atoms with Gasteiger partial charge in [-0.25, -0.2) is 9.78 Å². The van der Waals surface area contributed by atoms with Gasteiger partial charge in [0.2, 0.25) is 11.8 Å². The van der Waals surface area contributed by atoms with Crippen LogP contribution in [0.15, 0.2) is 66.7 Å². The predicted molar refractivity (Wildman–Crippen MR) is 198 cm³/mol. The van der Waals surface area contributed by atoms with Crippen LogP contribution in [0, 0.1) is 11.3 Å². The van der Waals surface area contributed by atoms with Crippen molar-refractivity contribution in [1.29, 1.82) is 0 Å². The summed E-state index contributed by atoms with van der Waals surface area (Å²) in [6, 6.07) is 16.1. The third-order valence-corrected chi connectivity index (χ3v) is 9.69. The molecule has 1 aliphatic carbocycles. The lowest BCUT2D eigenvalue weighted by atomic mass is 9.72. The summed E-state index contributed by atoms with van der Waals surface area (Å²) in [5, 5.41) is 3.65. The highest BCUT2D eigenvalue weighted by molar-refractivity contribution is 5.97. The molecule has 2 aliphatic rings. The SMILES string of the molecule is C=C1CCC1(NC(=O)[C@@H]1C[C@@H](Oc2cc(-c3ccccc3)nc3cc(OC)ccc23)CN1C(=O)[C@@H](CC(=O)OC(C)(C)C)C(C)(C)C)C(=O)OCC. The van der Waals surface area contributed by atoms with E-state index in [2.05, 4.69) is 11.9 Å². The first kappa shape index (κ1) is 38.3. The maximum atomic E-state index is 14.6. The molecule has 1 saturated carbocycles. The number of amides is 2. The molecule has 52 heavy (non-hydrogen) atoms. The Hall–Kier alpha value is -4.93. The maximum absolute atomic E-state index is 14.6. The zero-order chi connectivity index (χ0) is 38.0. The number of carbonyl (C=O) groups excluding carboxylic acids is 4. The predicted octanol–water partition coefficient (Wildman–Crippen LogP) is 6.42. The fourth-order valence-electron chi connectivity index (χ4n) is 6.77. The van der Waals surface area contributed by atoms with E-state index in [-0.39, 0.29) is 31.9 Å². The van der Waals surface area contributed by atoms with Crippen LogP contribution in [0.25, 0.3) is 22.2 Å². The van der Waals surface area contributed by atoms with Gasteiger partial charge < -0.3 is 29.2 Å². The van der Waals surface area contributed by atoms with Crippen LogP contribution in [0.2, 0.25) is 0 Å². The number of benzene rings is 2. The molecule has 2 fully saturated rings. The maximum Gasteiger partial charge on any atom is 0.336 e. The minimum Gasteiger partial charge on any atom is -0.497 e. The largest absolute Gasteiger partial charge is 0.497 e. The van der Waals surface area contributed by atoms with E-state index in [9.17, 15) is 19.2 Å². The Bertz CT molecular complexity index is 1840. The van der Waals surface area contributed by atoms with E-state index in [1.54, 1.807) is 34.8 Å². The summed E-state index contributed by atoms with van der Waals surface area (Å²) in [5.74, 6) is -1.63. The average molecular weight is 714 g/mol. The molecule has 2 aromatic carbocycles. The van der Waals surface area contributed by atoms with Gasteiger partial charge in [0, 0.05) is 29.5 Å². The van der Waals surface area contributed by atoms with Crippen LogP contribution in [0.5, 0.6) is 11.5 Å². The molecule has 2 heterocycles. The first-order chi connectivity index (χ1) is 24.5. The number of methoxy groups -OCH3 is 1. The Kier molecular flexibility index (Phi) is 11.0. The lowest BCUT2D eigenvalue weighted by Gasteiger charge is -2.43. The Labute approximate surface area is 306 Å². The number of hydrogen-bond donors (Lipinski definition) is 1. The second-order valence-electron chi connectivity index (χ2n) is 15.7. The van der Waals surface area contributed by atoms with Gasteiger partial charge in [-0.15, -0.1) is 0 Å². The molecule has 4 atom stereocenters. The lowest BCUT2D eigenvalue weighted by Crippen LogP contribution is -2.64. The van der Waals surface area contributed by atoms with E-state index in [0.717, 1.165) is 10.9 Å². The first-order valence-electron chi connectivity index (χ1n) is 17.9. The van der Waals surface area contributed by atoms with Crippen molar-refractivity contribution < 1.29 is 38.1 Å². The van der Waals surface area contributed by atoms with E-state index in [1.165, 1.54) is 4.90 Å². The van der Waals surface area contributed by atoms with Crippen LogP contribution in [-0.2, 0) is 28.7 Å². The van der Waals surface area contributed by atoms with Crippen molar-refractivity contribution in [3.05, 3.63) is 66.7 Å². The quantitative estimate of drug-likeness (QED) is 0.177. The monoisotopic (exact) mass is 713 g/mol. The number of nitrogens with one attached hydrogen (secondary N) is 1. The molecule has 5 rings (SSSR count). The number of likely N-dealkylation sites (tertiary alicyclic amines) is 1. The molecule has 0 spiro atoms. The third kappa shape index (κ3) is 8.24. The van der Waals surface area contributed by atoms with Gasteiger partial charge in [-0.1, -0.05) is 57.7 Å². The summed E-state index contributed by atoms with van der Waals surface area (Å²) in [7, 11) is 1.59. The average Bonchev–Trinajstić information content (AvgIpc) is 3.51. The Morgan fingerprint density at radius 2 is 1.75 bits per heavy atom. The molecule has 11 heteroatoms. The molecular weight excluding hydrogens is 662 g/mol. The molecule has 0 radical (unpaired) electrons. The standard InChI is InChI=1S/C41H51N3O8/c1-10-50-38(48)41(19-18-25(41)2)43-36(46)33-21-28(24-44(33)37(47)30(39(3,4)5)22-35(45)52-40(6,7)8)51-34-23-31(26-14-12-11-13-15-26)42-32-20-27(49-9)16-17-29(32)34/h11-17,20,23,28,30,33H,2,10,18-19,21-22,24H2,1,3-9H3,(H,43,46)/t28-,30-,33+,41?/m1/s1. The van der Waals surface area contributed by atoms with Gasteiger partial charge in [0.15, 0.2) is 5.54 Å². The molecule has 1 aliphatic heterocycles. The van der Waals surface area contributed by atoms with Crippen molar-refractivity contribution in [2.24, 2.45) is 11.3 Å². The van der Waals surface area contributed by atoms with Gasteiger partial charge in [0.05, 0.1) is 43.8 Å². The summed E-state index contributed by atoms with van der Waals surface area (Å²) in [4.78, 5) is 61.6. The second kappa shape index (κ2) is 15.0. The van der Waals surface area contributed by atoms with E-state index in [4.69, 9.17) is 23.9 Å².